The molecule has 0 unspecified atom stereocenters. The number of thiophene rings is 1. The van der Waals surface area contributed by atoms with Crippen LogP contribution in [0.15, 0.2) is 23.0 Å². The Bertz CT molecular complexity index is 1100. The number of rotatable bonds is 5. The van der Waals surface area contributed by atoms with Crippen LogP contribution in [0.25, 0.3) is 21.3 Å². The predicted molar refractivity (Wildman–Crippen MR) is 112 cm³/mol. The van der Waals surface area contributed by atoms with E-state index in [0.717, 1.165) is 26.7 Å². The molecule has 3 rings (SSSR count). The first-order chi connectivity index (χ1) is 12.8. The lowest BCUT2D eigenvalue weighted by Gasteiger charge is -2.15. The zero-order valence-electron chi connectivity index (χ0n) is 16.6. The fraction of sp³-hybridized carbons (Fsp3) is 0.409. The second kappa shape index (κ2) is 7.66. The summed E-state index contributed by atoms with van der Waals surface area (Å²) >= 11 is 1.59. The van der Waals surface area contributed by atoms with E-state index < -0.39 is 0 Å². The van der Waals surface area contributed by atoms with Crippen LogP contribution in [-0.4, -0.2) is 9.55 Å². The van der Waals surface area contributed by atoms with Crippen molar-refractivity contribution in [3.63, 3.8) is 0 Å². The van der Waals surface area contributed by atoms with Gasteiger partial charge in [-0.15, -0.1) is 11.3 Å². The number of hydrogen-bond acceptors (Lipinski definition) is 4. The van der Waals surface area contributed by atoms with E-state index >= 15 is 0 Å². The van der Waals surface area contributed by atoms with Crippen LogP contribution in [0.3, 0.4) is 0 Å². The molecule has 0 fully saturated rings. The van der Waals surface area contributed by atoms with Crippen molar-refractivity contribution in [3.05, 3.63) is 50.4 Å². The van der Waals surface area contributed by atoms with Gasteiger partial charge in [0.05, 0.1) is 11.5 Å². The van der Waals surface area contributed by atoms with Gasteiger partial charge in [0.1, 0.15) is 10.7 Å². The summed E-state index contributed by atoms with van der Waals surface area (Å²) in [4.78, 5) is 20.2. The van der Waals surface area contributed by atoms with E-state index in [2.05, 4.69) is 58.9 Å². The SMILES string of the molecule is Cc1ccc(-c2c(C)sc3nc(C(C)C)n(CCCC#N)c(=O)c23)cc1C. The van der Waals surface area contributed by atoms with Crippen molar-refractivity contribution < 1.29 is 0 Å². The number of benzene rings is 1. The van der Waals surface area contributed by atoms with Gasteiger partial charge in [0, 0.05) is 29.3 Å². The zero-order chi connectivity index (χ0) is 19.7. The molecule has 3 aromatic rings. The Labute approximate surface area is 164 Å². The smallest absolute Gasteiger partial charge is 0.262 e. The lowest BCUT2D eigenvalue weighted by Crippen LogP contribution is -2.26. The van der Waals surface area contributed by atoms with Gasteiger partial charge in [-0.3, -0.25) is 9.36 Å². The van der Waals surface area contributed by atoms with Gasteiger partial charge in [0.15, 0.2) is 0 Å². The van der Waals surface area contributed by atoms with E-state index in [-0.39, 0.29) is 11.5 Å². The number of aryl methyl sites for hydroxylation is 3. The Morgan fingerprint density at radius 1 is 1.22 bits per heavy atom. The molecule has 0 N–H and O–H groups in total. The summed E-state index contributed by atoms with van der Waals surface area (Å²) in [5.41, 5.74) is 4.54. The molecule has 0 saturated carbocycles. The summed E-state index contributed by atoms with van der Waals surface area (Å²) in [6.07, 6.45) is 1.10. The average molecular weight is 380 g/mol. The Hall–Kier alpha value is -2.45. The second-order valence-corrected chi connectivity index (χ2v) is 8.56. The number of nitriles is 1. The standard InChI is InChI=1S/C22H25N3OS/c1-13(2)20-24-21-19(22(26)25(20)11-7-6-10-23)18(16(5)27-21)17-9-8-14(3)15(4)12-17/h8-9,12-13H,6-7,11H2,1-5H3. The third kappa shape index (κ3) is 3.54. The van der Waals surface area contributed by atoms with E-state index in [9.17, 15) is 4.79 Å². The molecule has 4 nitrogen and oxygen atoms in total. The Kier molecular flexibility index (Phi) is 5.48. The highest BCUT2D eigenvalue weighted by atomic mass is 32.1. The third-order valence-corrected chi connectivity index (χ3v) is 6.00. The van der Waals surface area contributed by atoms with Crippen LogP contribution in [0, 0.1) is 32.1 Å². The maximum atomic E-state index is 13.5. The molecule has 5 heteroatoms. The van der Waals surface area contributed by atoms with Crippen LogP contribution < -0.4 is 5.56 Å². The number of nitrogens with zero attached hydrogens (tertiary/aromatic N) is 3. The normalized spacial score (nSPS) is 11.3. The van der Waals surface area contributed by atoms with Gasteiger partial charge < -0.3 is 0 Å². The van der Waals surface area contributed by atoms with Crippen LogP contribution in [0.5, 0.6) is 0 Å². The Morgan fingerprint density at radius 2 is 1.96 bits per heavy atom. The predicted octanol–water partition coefficient (Wildman–Crippen LogP) is 5.48. The van der Waals surface area contributed by atoms with Crippen LogP contribution in [0.1, 0.15) is 54.4 Å². The molecular weight excluding hydrogens is 354 g/mol. The van der Waals surface area contributed by atoms with Gasteiger partial charge in [0.2, 0.25) is 0 Å². The van der Waals surface area contributed by atoms with Crippen molar-refractivity contribution in [2.24, 2.45) is 0 Å². The van der Waals surface area contributed by atoms with Gasteiger partial charge >= 0.3 is 0 Å². The fourth-order valence-electron chi connectivity index (χ4n) is 3.43. The molecule has 0 radical (unpaired) electrons. The van der Waals surface area contributed by atoms with Crippen molar-refractivity contribution in [3.8, 4) is 17.2 Å². The molecule has 0 aliphatic carbocycles. The third-order valence-electron chi connectivity index (χ3n) is 5.00. The topological polar surface area (TPSA) is 58.7 Å². The molecule has 2 heterocycles. The molecule has 0 amide bonds. The van der Waals surface area contributed by atoms with Gasteiger partial charge in [-0.25, -0.2) is 4.98 Å². The van der Waals surface area contributed by atoms with E-state index in [4.69, 9.17) is 10.2 Å². The molecule has 27 heavy (non-hydrogen) atoms. The summed E-state index contributed by atoms with van der Waals surface area (Å²) in [7, 11) is 0. The molecule has 0 saturated heterocycles. The van der Waals surface area contributed by atoms with E-state index in [1.54, 1.807) is 15.9 Å². The summed E-state index contributed by atoms with van der Waals surface area (Å²) < 4.78 is 1.78. The van der Waals surface area contributed by atoms with Gasteiger partial charge in [0.25, 0.3) is 5.56 Å². The van der Waals surface area contributed by atoms with Crippen molar-refractivity contribution >= 4 is 21.6 Å². The van der Waals surface area contributed by atoms with Crippen molar-refractivity contribution in [2.75, 3.05) is 0 Å². The Morgan fingerprint density at radius 3 is 2.59 bits per heavy atom. The maximum absolute atomic E-state index is 13.5. The minimum atomic E-state index is 0.0132. The molecule has 0 bridgehead atoms. The average Bonchev–Trinajstić information content (AvgIpc) is 2.95. The molecule has 140 valence electrons. The minimum Gasteiger partial charge on any atom is -0.296 e. The van der Waals surface area contributed by atoms with Crippen molar-refractivity contribution in [1.82, 2.24) is 9.55 Å². The van der Waals surface area contributed by atoms with Gasteiger partial charge in [-0.1, -0.05) is 32.0 Å². The fourth-order valence-corrected chi connectivity index (χ4v) is 4.47. The van der Waals surface area contributed by atoms with E-state index in [1.807, 2.05) is 0 Å². The largest absolute Gasteiger partial charge is 0.296 e. The highest BCUT2D eigenvalue weighted by Gasteiger charge is 2.21. The van der Waals surface area contributed by atoms with Crippen LogP contribution in [0.2, 0.25) is 0 Å². The summed E-state index contributed by atoms with van der Waals surface area (Å²) in [6, 6.07) is 8.51. The molecular formula is C22H25N3OS. The second-order valence-electron chi connectivity index (χ2n) is 7.36. The number of unbranched alkanes of at least 4 members (excludes halogenated alkanes) is 1. The van der Waals surface area contributed by atoms with E-state index in [0.29, 0.717) is 24.8 Å². The monoisotopic (exact) mass is 379 g/mol. The molecule has 0 aliphatic heterocycles. The highest BCUT2D eigenvalue weighted by Crippen LogP contribution is 2.37. The number of fused-ring (bicyclic) bond motifs is 1. The first-order valence-corrected chi connectivity index (χ1v) is 10.1. The van der Waals surface area contributed by atoms with Crippen molar-refractivity contribution in [1.29, 1.82) is 5.26 Å². The quantitative estimate of drug-likeness (QED) is 0.552. The number of hydrogen-bond donors (Lipinski definition) is 0. The highest BCUT2D eigenvalue weighted by molar-refractivity contribution is 7.19. The molecule has 0 spiro atoms. The number of aromatic nitrogens is 2. The lowest BCUT2D eigenvalue weighted by molar-refractivity contribution is 0.568. The summed E-state index contributed by atoms with van der Waals surface area (Å²) in [6.45, 7) is 10.9. The summed E-state index contributed by atoms with van der Waals surface area (Å²) in [5.74, 6) is 0.954. The van der Waals surface area contributed by atoms with Crippen LogP contribution >= 0.6 is 11.3 Å². The Balaban J connectivity index is 2.29. The molecule has 1 aromatic carbocycles. The first kappa shape index (κ1) is 19.3. The van der Waals surface area contributed by atoms with Gasteiger partial charge in [-0.05, 0) is 43.9 Å². The molecule has 2 aromatic heterocycles. The minimum absolute atomic E-state index is 0.0132. The van der Waals surface area contributed by atoms with Crippen LogP contribution in [0.4, 0.5) is 0 Å². The summed E-state index contributed by atoms with van der Waals surface area (Å²) in [5, 5.41) is 9.57. The molecule has 0 aliphatic rings. The van der Waals surface area contributed by atoms with Crippen LogP contribution in [-0.2, 0) is 6.54 Å². The lowest BCUT2D eigenvalue weighted by atomic mass is 9.99. The van der Waals surface area contributed by atoms with Gasteiger partial charge in [-0.2, -0.15) is 5.26 Å². The maximum Gasteiger partial charge on any atom is 0.262 e. The first-order valence-electron chi connectivity index (χ1n) is 9.33. The van der Waals surface area contributed by atoms with E-state index in [1.165, 1.54) is 11.1 Å². The zero-order valence-corrected chi connectivity index (χ0v) is 17.4. The van der Waals surface area contributed by atoms with Crippen molar-refractivity contribution in [2.45, 2.75) is 59.9 Å². The molecule has 0 atom stereocenters.